The Bertz CT molecular complexity index is 374. The first-order valence-electron chi connectivity index (χ1n) is 5.96. The van der Waals surface area contributed by atoms with E-state index in [4.69, 9.17) is 4.99 Å². The predicted molar refractivity (Wildman–Crippen MR) is 72.7 cm³/mol. The van der Waals surface area contributed by atoms with Gasteiger partial charge in [-0.2, -0.15) is 0 Å². The van der Waals surface area contributed by atoms with Crippen LogP contribution in [0.25, 0.3) is 5.70 Å². The van der Waals surface area contributed by atoms with E-state index in [2.05, 4.69) is 39.0 Å². The zero-order valence-corrected chi connectivity index (χ0v) is 10.7. The van der Waals surface area contributed by atoms with Crippen LogP contribution in [0, 0.1) is 5.92 Å². The monoisotopic (exact) mass is 215 g/mol. The van der Waals surface area contributed by atoms with Gasteiger partial charge in [0.1, 0.15) is 0 Å². The van der Waals surface area contributed by atoms with E-state index in [0.717, 1.165) is 12.1 Å². The number of aliphatic imine (C=N–C) groups is 1. The van der Waals surface area contributed by atoms with Gasteiger partial charge in [-0.05, 0) is 31.7 Å². The third-order valence-corrected chi connectivity index (χ3v) is 2.97. The quantitative estimate of drug-likeness (QED) is 0.653. The molecule has 1 aromatic carbocycles. The van der Waals surface area contributed by atoms with E-state index >= 15 is 0 Å². The van der Waals surface area contributed by atoms with Crippen LogP contribution in [0.2, 0.25) is 0 Å². The molecule has 0 amide bonds. The minimum Gasteiger partial charge on any atom is -0.258 e. The summed E-state index contributed by atoms with van der Waals surface area (Å²) in [5.74, 6) is 0.554. The summed E-state index contributed by atoms with van der Waals surface area (Å²) in [6, 6.07) is 10.3. The van der Waals surface area contributed by atoms with Gasteiger partial charge in [0.2, 0.25) is 0 Å². The van der Waals surface area contributed by atoms with Crippen LogP contribution in [0.1, 0.15) is 39.7 Å². The summed E-state index contributed by atoms with van der Waals surface area (Å²) < 4.78 is 0. The zero-order valence-electron chi connectivity index (χ0n) is 10.7. The molecule has 1 atom stereocenters. The molecule has 0 fully saturated rings. The summed E-state index contributed by atoms with van der Waals surface area (Å²) in [5.41, 5.74) is 3.46. The molecule has 0 aliphatic carbocycles. The molecule has 0 bridgehead atoms. The van der Waals surface area contributed by atoms with Crippen molar-refractivity contribution in [3.63, 3.8) is 0 Å². The van der Waals surface area contributed by atoms with Crippen molar-refractivity contribution in [2.75, 3.05) is 0 Å². The Kier molecular flexibility index (Phi) is 4.97. The Hall–Kier alpha value is -1.37. The number of nitrogens with zero attached hydrogens (tertiary/aromatic N) is 1. The third kappa shape index (κ3) is 3.34. The lowest BCUT2D eigenvalue weighted by Gasteiger charge is -2.09. The molecule has 0 saturated heterocycles. The van der Waals surface area contributed by atoms with Crippen LogP contribution >= 0.6 is 0 Å². The van der Waals surface area contributed by atoms with Crippen LogP contribution in [0.15, 0.2) is 41.4 Å². The highest BCUT2D eigenvalue weighted by molar-refractivity contribution is 5.89. The molecule has 1 rings (SSSR count). The van der Waals surface area contributed by atoms with E-state index in [1.165, 1.54) is 11.3 Å². The molecule has 1 aromatic rings. The molecule has 0 radical (unpaired) electrons. The molecule has 1 nitrogen and oxygen atoms in total. The van der Waals surface area contributed by atoms with Crippen LogP contribution in [-0.4, -0.2) is 5.71 Å². The maximum absolute atomic E-state index is 4.71. The van der Waals surface area contributed by atoms with E-state index < -0.39 is 0 Å². The molecule has 0 N–H and O–H groups in total. The highest BCUT2D eigenvalue weighted by Gasteiger charge is 2.04. The molecular weight excluding hydrogens is 194 g/mol. The van der Waals surface area contributed by atoms with Gasteiger partial charge in [0.25, 0.3) is 0 Å². The topological polar surface area (TPSA) is 12.4 Å². The second-order valence-corrected chi connectivity index (χ2v) is 4.10. The van der Waals surface area contributed by atoms with Crippen LogP contribution in [0.5, 0.6) is 0 Å². The molecule has 16 heavy (non-hydrogen) atoms. The SMILES string of the molecule is C/C=C(\N=C(\C)C(C)CC)c1ccccc1. The maximum Gasteiger partial charge on any atom is 0.0658 e. The Labute approximate surface area is 98.9 Å². The van der Waals surface area contributed by atoms with Gasteiger partial charge in [-0.1, -0.05) is 50.3 Å². The first-order chi connectivity index (χ1) is 7.69. The Morgan fingerprint density at radius 2 is 1.94 bits per heavy atom. The van der Waals surface area contributed by atoms with E-state index in [1.807, 2.05) is 25.1 Å². The fraction of sp³-hybridized carbons (Fsp3) is 0.400. The van der Waals surface area contributed by atoms with Gasteiger partial charge in [-0.15, -0.1) is 0 Å². The Morgan fingerprint density at radius 1 is 1.31 bits per heavy atom. The van der Waals surface area contributed by atoms with E-state index in [-0.39, 0.29) is 0 Å². The maximum atomic E-state index is 4.71. The van der Waals surface area contributed by atoms with Crippen molar-refractivity contribution >= 4 is 11.4 Å². The molecule has 0 aromatic heterocycles. The second-order valence-electron chi connectivity index (χ2n) is 4.10. The van der Waals surface area contributed by atoms with Crippen molar-refractivity contribution in [3.05, 3.63) is 42.0 Å². The highest BCUT2D eigenvalue weighted by Crippen LogP contribution is 2.17. The van der Waals surface area contributed by atoms with Crippen LogP contribution < -0.4 is 0 Å². The molecular formula is C15H21N. The number of benzene rings is 1. The molecule has 1 heteroatoms. The number of rotatable bonds is 4. The molecule has 0 aliphatic rings. The lowest BCUT2D eigenvalue weighted by Crippen LogP contribution is -2.05. The largest absolute Gasteiger partial charge is 0.258 e. The highest BCUT2D eigenvalue weighted by atomic mass is 14.8. The second kappa shape index (κ2) is 6.26. The van der Waals surface area contributed by atoms with Gasteiger partial charge < -0.3 is 0 Å². The summed E-state index contributed by atoms with van der Waals surface area (Å²) in [4.78, 5) is 4.71. The van der Waals surface area contributed by atoms with Crippen molar-refractivity contribution in [2.24, 2.45) is 10.9 Å². The minimum atomic E-state index is 0.554. The van der Waals surface area contributed by atoms with Crippen molar-refractivity contribution < 1.29 is 0 Å². The summed E-state index contributed by atoms with van der Waals surface area (Å²) in [5, 5.41) is 0. The molecule has 1 unspecified atom stereocenters. The fourth-order valence-corrected chi connectivity index (χ4v) is 1.50. The van der Waals surface area contributed by atoms with Gasteiger partial charge in [-0.25, -0.2) is 0 Å². The Morgan fingerprint density at radius 3 is 2.44 bits per heavy atom. The molecule has 86 valence electrons. The lowest BCUT2D eigenvalue weighted by molar-refractivity contribution is 0.736. The first kappa shape index (κ1) is 12.7. The summed E-state index contributed by atoms with van der Waals surface area (Å²) in [6.07, 6.45) is 3.21. The van der Waals surface area contributed by atoms with Gasteiger partial charge in [0.05, 0.1) is 5.70 Å². The van der Waals surface area contributed by atoms with Crippen LogP contribution in [-0.2, 0) is 0 Å². The number of hydrogen-bond donors (Lipinski definition) is 0. The first-order valence-corrected chi connectivity index (χ1v) is 5.96. The minimum absolute atomic E-state index is 0.554. The zero-order chi connectivity index (χ0) is 12.0. The van der Waals surface area contributed by atoms with Crippen LogP contribution in [0.3, 0.4) is 0 Å². The smallest absolute Gasteiger partial charge is 0.0658 e. The van der Waals surface area contributed by atoms with E-state index in [0.29, 0.717) is 5.92 Å². The summed E-state index contributed by atoms with van der Waals surface area (Å²) >= 11 is 0. The normalized spacial score (nSPS) is 15.0. The molecule has 0 saturated carbocycles. The van der Waals surface area contributed by atoms with Crippen molar-refractivity contribution in [1.29, 1.82) is 0 Å². The molecule has 0 heterocycles. The Balaban J connectivity index is 2.94. The average molecular weight is 215 g/mol. The van der Waals surface area contributed by atoms with Gasteiger partial charge in [0.15, 0.2) is 0 Å². The average Bonchev–Trinajstić information content (AvgIpc) is 2.35. The third-order valence-electron chi connectivity index (χ3n) is 2.97. The fourth-order valence-electron chi connectivity index (χ4n) is 1.50. The van der Waals surface area contributed by atoms with E-state index in [1.54, 1.807) is 0 Å². The van der Waals surface area contributed by atoms with Crippen LogP contribution in [0.4, 0.5) is 0 Å². The predicted octanol–water partition coefficient (Wildman–Crippen LogP) is 4.55. The van der Waals surface area contributed by atoms with Gasteiger partial charge in [-0.3, -0.25) is 4.99 Å². The van der Waals surface area contributed by atoms with E-state index in [9.17, 15) is 0 Å². The lowest BCUT2D eigenvalue weighted by atomic mass is 10.0. The number of hydrogen-bond acceptors (Lipinski definition) is 1. The van der Waals surface area contributed by atoms with Crippen molar-refractivity contribution in [3.8, 4) is 0 Å². The standard InChI is InChI=1S/C15H21N/c1-5-12(3)13(4)16-15(6-2)14-10-8-7-9-11-14/h6-12H,5H2,1-4H3/b15-6-,16-13-. The van der Waals surface area contributed by atoms with Gasteiger partial charge in [0, 0.05) is 5.71 Å². The molecule has 0 aliphatic heterocycles. The number of allylic oxidation sites excluding steroid dienone is 1. The van der Waals surface area contributed by atoms with Gasteiger partial charge >= 0.3 is 0 Å². The van der Waals surface area contributed by atoms with Crippen molar-refractivity contribution in [2.45, 2.75) is 34.1 Å². The van der Waals surface area contributed by atoms with Crippen molar-refractivity contribution in [1.82, 2.24) is 0 Å². The summed E-state index contributed by atoms with van der Waals surface area (Å²) in [7, 11) is 0. The molecule has 0 spiro atoms. The summed E-state index contributed by atoms with van der Waals surface area (Å²) in [6.45, 7) is 8.56.